The summed E-state index contributed by atoms with van der Waals surface area (Å²) in [6, 6.07) is 7.72. The third-order valence-electron chi connectivity index (χ3n) is 5.38. The number of nitrogens with zero attached hydrogens (tertiary/aromatic N) is 4. The average Bonchev–Trinajstić information content (AvgIpc) is 3.47. The number of alkyl halides is 3. The van der Waals surface area contributed by atoms with Crippen LogP contribution in [0.2, 0.25) is 0 Å². The van der Waals surface area contributed by atoms with Crippen LogP contribution in [0.5, 0.6) is 5.75 Å². The summed E-state index contributed by atoms with van der Waals surface area (Å²) in [5, 5.41) is 13.1. The van der Waals surface area contributed by atoms with Crippen LogP contribution in [-0.4, -0.2) is 26.2 Å². The molecule has 4 rings (SSSR count). The number of unbranched alkanes of at least 4 members (excludes halogenated alkanes) is 5. The maximum atomic E-state index is 13.7. The number of halogens is 3. The molecule has 180 valence electrons. The second kappa shape index (κ2) is 10.9. The van der Waals surface area contributed by atoms with E-state index in [0.29, 0.717) is 16.5 Å². The zero-order valence-electron chi connectivity index (χ0n) is 18.8. The molecule has 0 amide bonds. The Labute approximate surface area is 199 Å². The molecule has 0 aliphatic carbocycles. The molecule has 1 aromatic carbocycles. The molecule has 0 aliphatic heterocycles. The van der Waals surface area contributed by atoms with E-state index in [1.807, 2.05) is 23.7 Å². The highest BCUT2D eigenvalue weighted by molar-refractivity contribution is 7.14. The second-order valence-electron chi connectivity index (χ2n) is 8.00. The zero-order valence-corrected chi connectivity index (χ0v) is 19.6. The van der Waals surface area contributed by atoms with Crippen molar-refractivity contribution >= 4 is 27.8 Å². The van der Waals surface area contributed by atoms with Crippen LogP contribution in [0.25, 0.3) is 16.9 Å². The number of rotatable bonds is 11. The van der Waals surface area contributed by atoms with Crippen molar-refractivity contribution in [2.75, 3.05) is 11.9 Å². The summed E-state index contributed by atoms with van der Waals surface area (Å²) in [6.45, 7) is 2.42. The van der Waals surface area contributed by atoms with Gasteiger partial charge in [0.05, 0.1) is 17.9 Å². The van der Waals surface area contributed by atoms with Gasteiger partial charge in [-0.05, 0) is 36.8 Å². The van der Waals surface area contributed by atoms with Gasteiger partial charge in [0.15, 0.2) is 10.8 Å². The Morgan fingerprint density at radius 3 is 2.71 bits per heavy atom. The first-order valence-corrected chi connectivity index (χ1v) is 12.2. The lowest BCUT2D eigenvalue weighted by atomic mass is 10.1. The van der Waals surface area contributed by atoms with E-state index in [2.05, 4.69) is 27.4 Å². The molecule has 0 spiro atoms. The predicted octanol–water partition coefficient (Wildman–Crippen LogP) is 7.35. The maximum absolute atomic E-state index is 13.7. The minimum absolute atomic E-state index is 0.145. The summed E-state index contributed by atoms with van der Waals surface area (Å²) >= 11 is 1.31. The summed E-state index contributed by atoms with van der Waals surface area (Å²) in [4.78, 5) is 4.51. The lowest BCUT2D eigenvalue weighted by Crippen LogP contribution is -2.10. The molecule has 0 atom stereocenters. The molecule has 6 nitrogen and oxygen atoms in total. The van der Waals surface area contributed by atoms with E-state index in [0.717, 1.165) is 49.4 Å². The summed E-state index contributed by atoms with van der Waals surface area (Å²) in [6.07, 6.45) is 5.20. The Hall–Kier alpha value is -3.14. The van der Waals surface area contributed by atoms with Crippen molar-refractivity contribution in [3.05, 3.63) is 53.8 Å². The monoisotopic (exact) mass is 489 g/mol. The molecule has 1 N–H and O–H groups in total. The van der Waals surface area contributed by atoms with Crippen molar-refractivity contribution in [2.24, 2.45) is 0 Å². The van der Waals surface area contributed by atoms with E-state index in [9.17, 15) is 13.2 Å². The smallest absolute Gasteiger partial charge is 0.420 e. The van der Waals surface area contributed by atoms with Gasteiger partial charge in [0, 0.05) is 22.8 Å². The van der Waals surface area contributed by atoms with Gasteiger partial charge in [0.1, 0.15) is 12.1 Å². The number of benzene rings is 1. The normalized spacial score (nSPS) is 11.8. The van der Waals surface area contributed by atoms with E-state index < -0.39 is 11.7 Å². The average molecular weight is 490 g/mol. The fourth-order valence-electron chi connectivity index (χ4n) is 3.59. The molecule has 0 bridgehead atoms. The molecule has 34 heavy (non-hydrogen) atoms. The van der Waals surface area contributed by atoms with Crippen LogP contribution in [0.4, 0.5) is 24.0 Å². The van der Waals surface area contributed by atoms with Gasteiger partial charge in [-0.2, -0.15) is 13.2 Å². The fraction of sp³-hybridized carbons (Fsp3) is 0.375. The van der Waals surface area contributed by atoms with Crippen LogP contribution in [-0.2, 0) is 6.18 Å². The standard InChI is InChI=1S/C24H26F3N5OS/c1-2-3-4-5-6-7-12-33-21-10-9-18(13-19(21)24(25,26)27)29-23-30-20(15-34-23)17-8-11-22-31-28-16-32(22)14-17/h8-11,13-16H,2-7,12H2,1H3,(H,29,30). The van der Waals surface area contributed by atoms with Crippen molar-refractivity contribution in [1.82, 2.24) is 19.6 Å². The van der Waals surface area contributed by atoms with E-state index in [-0.39, 0.29) is 12.4 Å². The first kappa shape index (κ1) is 24.0. The Morgan fingerprint density at radius 2 is 1.88 bits per heavy atom. The molecule has 10 heteroatoms. The maximum Gasteiger partial charge on any atom is 0.420 e. The third-order valence-corrected chi connectivity index (χ3v) is 6.14. The van der Waals surface area contributed by atoms with Crippen LogP contribution in [0, 0.1) is 0 Å². The minimum Gasteiger partial charge on any atom is -0.493 e. The van der Waals surface area contributed by atoms with Gasteiger partial charge in [-0.3, -0.25) is 4.40 Å². The Bertz CT molecular complexity index is 1220. The highest BCUT2D eigenvalue weighted by Crippen LogP contribution is 2.39. The molecule has 0 saturated carbocycles. The lowest BCUT2D eigenvalue weighted by Gasteiger charge is -2.15. The molecule has 0 fully saturated rings. The quantitative estimate of drug-likeness (QED) is 0.223. The summed E-state index contributed by atoms with van der Waals surface area (Å²) in [5.41, 5.74) is 1.78. The number of hydrogen-bond donors (Lipinski definition) is 1. The number of ether oxygens (including phenoxy) is 1. The number of aromatic nitrogens is 4. The summed E-state index contributed by atoms with van der Waals surface area (Å²) in [5.74, 6) is -0.145. The molecule has 3 heterocycles. The molecule has 0 radical (unpaired) electrons. The van der Waals surface area contributed by atoms with Gasteiger partial charge in [-0.1, -0.05) is 39.0 Å². The lowest BCUT2D eigenvalue weighted by molar-refractivity contribution is -0.138. The van der Waals surface area contributed by atoms with Crippen LogP contribution < -0.4 is 10.1 Å². The van der Waals surface area contributed by atoms with Crippen LogP contribution in [0.15, 0.2) is 48.2 Å². The highest BCUT2D eigenvalue weighted by Gasteiger charge is 2.34. The number of hydrogen-bond acceptors (Lipinski definition) is 6. The largest absolute Gasteiger partial charge is 0.493 e. The van der Waals surface area contributed by atoms with Gasteiger partial charge in [-0.25, -0.2) is 4.98 Å². The number of fused-ring (bicyclic) bond motifs is 1. The Balaban J connectivity index is 1.42. The van der Waals surface area contributed by atoms with Crippen molar-refractivity contribution in [3.63, 3.8) is 0 Å². The third kappa shape index (κ3) is 6.05. The van der Waals surface area contributed by atoms with Crippen molar-refractivity contribution in [3.8, 4) is 17.0 Å². The van der Waals surface area contributed by atoms with Gasteiger partial charge in [0.2, 0.25) is 0 Å². The van der Waals surface area contributed by atoms with Crippen molar-refractivity contribution < 1.29 is 17.9 Å². The van der Waals surface area contributed by atoms with Gasteiger partial charge >= 0.3 is 6.18 Å². The van der Waals surface area contributed by atoms with Crippen LogP contribution in [0.3, 0.4) is 0 Å². The van der Waals surface area contributed by atoms with E-state index in [1.165, 1.54) is 23.8 Å². The first-order chi connectivity index (χ1) is 16.4. The van der Waals surface area contributed by atoms with Crippen LogP contribution >= 0.6 is 11.3 Å². The Kier molecular flexibility index (Phi) is 7.66. The molecular weight excluding hydrogens is 463 g/mol. The van der Waals surface area contributed by atoms with E-state index in [4.69, 9.17) is 4.74 Å². The predicted molar refractivity (Wildman–Crippen MR) is 128 cm³/mol. The van der Waals surface area contributed by atoms with Gasteiger partial charge in [-0.15, -0.1) is 21.5 Å². The topological polar surface area (TPSA) is 64.3 Å². The fourth-order valence-corrected chi connectivity index (χ4v) is 4.33. The first-order valence-electron chi connectivity index (χ1n) is 11.3. The Morgan fingerprint density at radius 1 is 1.06 bits per heavy atom. The molecule has 4 aromatic rings. The SMILES string of the molecule is CCCCCCCCOc1ccc(Nc2nc(-c3ccc4nncn4c3)cs2)cc1C(F)(F)F. The summed E-state index contributed by atoms with van der Waals surface area (Å²) < 4.78 is 48.3. The molecule has 0 saturated heterocycles. The highest BCUT2D eigenvalue weighted by atomic mass is 32.1. The van der Waals surface area contributed by atoms with Crippen LogP contribution in [0.1, 0.15) is 51.0 Å². The second-order valence-corrected chi connectivity index (χ2v) is 8.86. The summed E-state index contributed by atoms with van der Waals surface area (Å²) in [7, 11) is 0. The van der Waals surface area contributed by atoms with E-state index >= 15 is 0 Å². The number of pyridine rings is 1. The van der Waals surface area contributed by atoms with Crippen molar-refractivity contribution in [2.45, 2.75) is 51.6 Å². The molecule has 3 aromatic heterocycles. The molecule has 0 unspecified atom stereocenters. The van der Waals surface area contributed by atoms with E-state index in [1.54, 1.807) is 16.8 Å². The zero-order chi connectivity index (χ0) is 24.0. The molecular formula is C24H26F3N5OS. The number of anilines is 2. The van der Waals surface area contributed by atoms with Crippen molar-refractivity contribution in [1.29, 1.82) is 0 Å². The molecule has 0 aliphatic rings. The minimum atomic E-state index is -4.52. The van der Waals surface area contributed by atoms with Gasteiger partial charge < -0.3 is 10.1 Å². The van der Waals surface area contributed by atoms with Gasteiger partial charge in [0.25, 0.3) is 0 Å². The number of nitrogens with one attached hydrogen (secondary N) is 1. The number of thiazole rings is 1.